The number of carbonyl (C=O) groups is 1. The monoisotopic (exact) mass is 533 g/mol. The topological polar surface area (TPSA) is 17.1 Å². The second-order valence-electron chi connectivity index (χ2n) is 0.966. The van der Waals surface area contributed by atoms with Crippen molar-refractivity contribution >= 4 is 70.2 Å². The first-order valence-electron chi connectivity index (χ1n) is 2.64. The van der Waals surface area contributed by atoms with Crippen molar-refractivity contribution in [2.45, 2.75) is 20.8 Å². The van der Waals surface area contributed by atoms with Gasteiger partial charge in [-0.25, -0.2) is 0 Å². The minimum atomic E-state index is 0. The Morgan fingerprint density at radius 1 is 1.09 bits per heavy atom. The summed E-state index contributed by atoms with van der Waals surface area (Å²) in [7, 11) is 0.628. The average molecular weight is 533 g/mol. The van der Waals surface area contributed by atoms with Gasteiger partial charge in [-0.15, -0.1) is 24.0 Å². The summed E-state index contributed by atoms with van der Waals surface area (Å²) in [4.78, 5) is 8.81. The van der Waals surface area contributed by atoms with Crippen LogP contribution in [0.25, 0.3) is 0 Å². The Balaban J connectivity index is -0.0000000325. The molecule has 0 aromatic heterocycles. The first-order chi connectivity index (χ1) is 4.74. The molecule has 0 aromatic carbocycles. The number of hydrogen-bond acceptors (Lipinski definition) is 1. The van der Waals surface area contributed by atoms with E-state index in [1.54, 1.807) is 0 Å². The van der Waals surface area contributed by atoms with E-state index in [0.717, 1.165) is 6.29 Å². The van der Waals surface area contributed by atoms with Crippen molar-refractivity contribution in [2.24, 2.45) is 0 Å². The molecule has 0 atom stereocenters. The van der Waals surface area contributed by atoms with Crippen molar-refractivity contribution in [3.05, 3.63) is 12.2 Å². The zero-order valence-electron chi connectivity index (χ0n) is 6.75. The zero-order valence-corrected chi connectivity index (χ0v) is 14.8. The molecule has 0 fully saturated rings. The molecule has 0 unspecified atom stereocenters. The van der Waals surface area contributed by atoms with Crippen LogP contribution in [0.4, 0.5) is 0 Å². The van der Waals surface area contributed by atoms with Crippen LogP contribution in [0.3, 0.4) is 0 Å². The molecule has 0 aromatic rings. The number of carbonyl (C=O) groups excluding carboxylic acids is 1. The molecule has 0 aliphatic heterocycles. The Morgan fingerprint density at radius 2 is 1.18 bits per heavy atom. The van der Waals surface area contributed by atoms with Crippen molar-refractivity contribution in [3.8, 4) is 0 Å². The van der Waals surface area contributed by atoms with Gasteiger partial charge in [-0.2, -0.15) is 0 Å². The molecular weight excluding hydrogens is 520 g/mol. The Hall–Kier alpha value is 2.18. The van der Waals surface area contributed by atoms with E-state index in [1.165, 1.54) is 6.92 Å². The van der Waals surface area contributed by atoms with Gasteiger partial charge in [-0.3, -0.25) is 0 Å². The van der Waals surface area contributed by atoms with Crippen LogP contribution in [0.5, 0.6) is 0 Å². The quantitative estimate of drug-likeness (QED) is 0.260. The van der Waals surface area contributed by atoms with E-state index in [4.69, 9.17) is 4.79 Å². The fourth-order valence-corrected chi connectivity index (χ4v) is 0. The third kappa shape index (κ3) is 125. The predicted octanol–water partition coefficient (Wildman–Crippen LogP) is 4.17. The summed E-state index contributed by atoms with van der Waals surface area (Å²) in [5, 5.41) is 0. The van der Waals surface area contributed by atoms with Crippen LogP contribution in [0.15, 0.2) is 12.2 Å². The van der Waals surface area contributed by atoms with E-state index in [1.807, 2.05) is 26.0 Å². The van der Waals surface area contributed by atoms with E-state index < -0.39 is 0 Å². The van der Waals surface area contributed by atoms with Gasteiger partial charge in [0, 0.05) is 0 Å². The van der Waals surface area contributed by atoms with E-state index in [2.05, 4.69) is 40.0 Å². The normalized spacial score (nSPS) is 5.91. The van der Waals surface area contributed by atoms with Gasteiger partial charge in [-0.05, 0) is 20.8 Å². The van der Waals surface area contributed by atoms with Gasteiger partial charge in [-0.1, -0.05) is 12.2 Å². The molecule has 0 saturated heterocycles. The van der Waals surface area contributed by atoms with Crippen molar-refractivity contribution in [2.75, 3.05) is 0 Å². The second-order valence-corrected chi connectivity index (χ2v) is 12.8. The summed E-state index contributed by atoms with van der Waals surface area (Å²) >= 11 is 4.74. The van der Waals surface area contributed by atoms with E-state index in [9.17, 15) is 0 Å². The van der Waals surface area contributed by atoms with E-state index in [0.29, 0.717) is 9.47 Å². The Morgan fingerprint density at radius 3 is 1.18 bits per heavy atom. The molecule has 0 rings (SSSR count). The Kier molecular flexibility index (Phi) is 84.1. The molecule has 0 amide bonds. The zero-order chi connectivity index (χ0) is 8.83. The number of hydrogen-bond donors (Lipinski definition) is 0. The van der Waals surface area contributed by atoms with Gasteiger partial charge < -0.3 is 4.79 Å². The third-order valence-corrected chi connectivity index (χ3v) is 0.333. The summed E-state index contributed by atoms with van der Waals surface area (Å²) in [5.74, 6) is 0. The van der Waals surface area contributed by atoms with Crippen molar-refractivity contribution < 1.29 is 14.3 Å². The van der Waals surface area contributed by atoms with Crippen LogP contribution < -0.4 is 0 Å². The summed E-state index contributed by atoms with van der Waals surface area (Å²) in [6, 6.07) is 0. The van der Waals surface area contributed by atoms with Crippen molar-refractivity contribution in [1.82, 2.24) is 0 Å². The van der Waals surface area contributed by atoms with Crippen LogP contribution >= 0.6 is 63.9 Å². The van der Waals surface area contributed by atoms with Gasteiger partial charge >= 0.3 is 49.4 Å². The van der Waals surface area contributed by atoms with Crippen LogP contribution in [0.2, 0.25) is 0 Å². The average Bonchev–Trinajstić information content (AvgIpc) is 1.91. The first-order valence-corrected chi connectivity index (χ1v) is 11.7. The van der Waals surface area contributed by atoms with Crippen LogP contribution in [-0.4, -0.2) is 6.29 Å². The molecule has 0 heterocycles. The van der Waals surface area contributed by atoms with Crippen molar-refractivity contribution in [1.29, 1.82) is 0 Å². The molecule has 0 aliphatic rings. The molecule has 11 heavy (non-hydrogen) atoms. The Bertz CT molecular complexity index is 64.8. The molecule has 0 aliphatic carbocycles. The summed E-state index contributed by atoms with van der Waals surface area (Å²) in [6.07, 6.45) is 4.75. The second kappa shape index (κ2) is 39.9. The van der Waals surface area contributed by atoms with Gasteiger partial charge in [0.1, 0.15) is 6.29 Å². The predicted molar refractivity (Wildman–Crippen MR) is 75.7 cm³/mol. The number of aldehydes is 1. The molecule has 0 saturated carbocycles. The van der Waals surface area contributed by atoms with E-state index in [-0.39, 0.29) is 24.0 Å². The molecule has 0 radical (unpaired) electrons. The van der Waals surface area contributed by atoms with E-state index >= 15 is 0 Å². The maximum absolute atomic E-state index is 8.81. The fraction of sp³-hybridized carbons (Fsp3) is 0.500. The minimum absolute atomic E-state index is 0. The molecule has 0 N–H and O–H groups in total. The Labute approximate surface area is 115 Å². The number of allylic oxidation sites excluding steroid dienone is 2. The SMILES string of the molecule is CC=CC.CC=O.I.[I][V][I]. The number of halogens is 3. The fourth-order valence-electron chi connectivity index (χ4n) is 0. The third-order valence-electron chi connectivity index (χ3n) is 0.333. The summed E-state index contributed by atoms with van der Waals surface area (Å²) in [5.41, 5.74) is 0. The van der Waals surface area contributed by atoms with Gasteiger partial charge in [0.05, 0.1) is 0 Å². The van der Waals surface area contributed by atoms with Gasteiger partial charge in [0.15, 0.2) is 0 Å². The maximum atomic E-state index is 8.81. The van der Waals surface area contributed by atoms with Crippen LogP contribution in [0, 0.1) is 0 Å². The van der Waals surface area contributed by atoms with Gasteiger partial charge in [0.25, 0.3) is 0 Å². The van der Waals surface area contributed by atoms with Crippen LogP contribution in [-0.2, 0) is 14.3 Å². The number of rotatable bonds is 0. The molecule has 0 spiro atoms. The summed E-state index contributed by atoms with van der Waals surface area (Å²) in [6.45, 7) is 5.44. The standard InChI is InChI=1S/C4H8.C2H4O.3HI.V/c1-3-4-2;1-2-3;;;;/h3-4H,1-2H3;2H,1H3;3*1H;/q;;;;;+2/p-2. The van der Waals surface area contributed by atoms with Gasteiger partial charge in [0.2, 0.25) is 0 Å². The summed E-state index contributed by atoms with van der Waals surface area (Å²) < 4.78 is 0. The molecule has 1 nitrogen and oxygen atoms in total. The first kappa shape index (κ1) is 23.2. The van der Waals surface area contributed by atoms with Crippen molar-refractivity contribution in [3.63, 3.8) is 0 Å². The molecule has 0 bridgehead atoms. The van der Waals surface area contributed by atoms with Crippen LogP contribution in [0.1, 0.15) is 20.8 Å². The molecular formula is C6H13I3OV. The molecule has 69 valence electrons. The molecule has 5 heteroatoms.